The Labute approximate surface area is 132 Å². The number of aryl methyl sites for hydroxylation is 2. The van der Waals surface area contributed by atoms with Crippen molar-refractivity contribution < 1.29 is 14.0 Å². The highest BCUT2D eigenvalue weighted by Gasteiger charge is 2.46. The normalized spacial score (nSPS) is 29.5. The number of piperidine rings is 1. The maximum Gasteiger partial charge on any atom is 0.138 e. The fourth-order valence-electron chi connectivity index (χ4n) is 3.98. The first-order chi connectivity index (χ1) is 10.6. The van der Waals surface area contributed by atoms with E-state index in [1.165, 1.54) is 12.0 Å². The summed E-state index contributed by atoms with van der Waals surface area (Å²) in [7, 11) is 0. The SMILES string of the molecule is CCOCC12CCCOC1CCN(Cc1c(C)noc1C)C2. The van der Waals surface area contributed by atoms with Crippen LogP contribution in [-0.4, -0.2) is 49.1 Å². The van der Waals surface area contributed by atoms with Crippen LogP contribution < -0.4 is 0 Å². The Balaban J connectivity index is 1.72. The standard InChI is InChI=1S/C17H28N2O3/c1-4-20-12-17-7-5-9-21-16(17)6-8-19(11-17)10-15-13(2)18-22-14(15)3/h16H,4-12H2,1-3H3. The van der Waals surface area contributed by atoms with Crippen LogP contribution in [0.15, 0.2) is 4.52 Å². The molecule has 0 aromatic carbocycles. The molecule has 0 N–H and O–H groups in total. The maximum atomic E-state index is 6.08. The monoisotopic (exact) mass is 308 g/mol. The molecule has 22 heavy (non-hydrogen) atoms. The summed E-state index contributed by atoms with van der Waals surface area (Å²) in [5.41, 5.74) is 2.41. The highest BCUT2D eigenvalue weighted by molar-refractivity contribution is 5.20. The van der Waals surface area contributed by atoms with Crippen molar-refractivity contribution in [2.45, 2.75) is 52.7 Å². The van der Waals surface area contributed by atoms with Gasteiger partial charge in [0.05, 0.1) is 18.4 Å². The van der Waals surface area contributed by atoms with Crippen molar-refractivity contribution in [1.29, 1.82) is 0 Å². The highest BCUT2D eigenvalue weighted by Crippen LogP contribution is 2.41. The molecule has 5 heteroatoms. The van der Waals surface area contributed by atoms with Crippen LogP contribution in [0.3, 0.4) is 0 Å². The number of hydrogen-bond acceptors (Lipinski definition) is 5. The third-order valence-electron chi connectivity index (χ3n) is 5.22. The number of likely N-dealkylation sites (tertiary alicyclic amines) is 1. The summed E-state index contributed by atoms with van der Waals surface area (Å²) in [5.74, 6) is 0.943. The van der Waals surface area contributed by atoms with Crippen LogP contribution in [0.5, 0.6) is 0 Å². The van der Waals surface area contributed by atoms with Crippen molar-refractivity contribution >= 4 is 0 Å². The molecule has 2 unspecified atom stereocenters. The van der Waals surface area contributed by atoms with Crippen LogP contribution in [0.2, 0.25) is 0 Å². The molecule has 0 radical (unpaired) electrons. The largest absolute Gasteiger partial charge is 0.381 e. The van der Waals surface area contributed by atoms with E-state index in [0.29, 0.717) is 6.10 Å². The molecule has 0 spiro atoms. The maximum absolute atomic E-state index is 6.08. The van der Waals surface area contributed by atoms with Crippen LogP contribution in [0.4, 0.5) is 0 Å². The second kappa shape index (κ2) is 6.69. The number of fused-ring (bicyclic) bond motifs is 1. The molecule has 1 aromatic heterocycles. The van der Waals surface area contributed by atoms with Crippen LogP contribution in [-0.2, 0) is 16.0 Å². The van der Waals surface area contributed by atoms with Crippen LogP contribution in [0.1, 0.15) is 43.2 Å². The van der Waals surface area contributed by atoms with Gasteiger partial charge in [0.25, 0.3) is 0 Å². The van der Waals surface area contributed by atoms with E-state index in [1.54, 1.807) is 0 Å². The van der Waals surface area contributed by atoms with Gasteiger partial charge in [-0.25, -0.2) is 0 Å². The van der Waals surface area contributed by atoms with Gasteiger partial charge in [-0.05, 0) is 40.0 Å². The quantitative estimate of drug-likeness (QED) is 0.837. The summed E-state index contributed by atoms with van der Waals surface area (Å²) in [5, 5.41) is 4.08. The minimum Gasteiger partial charge on any atom is -0.381 e. The molecular weight excluding hydrogens is 280 g/mol. The number of hydrogen-bond donors (Lipinski definition) is 0. The topological polar surface area (TPSA) is 47.7 Å². The highest BCUT2D eigenvalue weighted by atomic mass is 16.5. The summed E-state index contributed by atoms with van der Waals surface area (Å²) in [6.07, 6.45) is 3.79. The van der Waals surface area contributed by atoms with Gasteiger partial charge in [0.15, 0.2) is 0 Å². The van der Waals surface area contributed by atoms with Gasteiger partial charge in [-0.3, -0.25) is 4.90 Å². The average Bonchev–Trinajstić information content (AvgIpc) is 2.84. The van der Waals surface area contributed by atoms with Crippen molar-refractivity contribution in [2.24, 2.45) is 5.41 Å². The molecule has 2 fully saturated rings. The zero-order valence-corrected chi connectivity index (χ0v) is 14.1. The van der Waals surface area contributed by atoms with Gasteiger partial charge in [0, 0.05) is 43.8 Å². The third kappa shape index (κ3) is 3.07. The van der Waals surface area contributed by atoms with Gasteiger partial charge >= 0.3 is 0 Å². The van der Waals surface area contributed by atoms with Gasteiger partial charge < -0.3 is 14.0 Å². The molecule has 2 aliphatic heterocycles. The molecule has 2 atom stereocenters. The fourth-order valence-corrected chi connectivity index (χ4v) is 3.98. The van der Waals surface area contributed by atoms with E-state index in [-0.39, 0.29) is 5.41 Å². The van der Waals surface area contributed by atoms with E-state index in [1.807, 2.05) is 13.8 Å². The van der Waals surface area contributed by atoms with Crippen molar-refractivity contribution in [3.63, 3.8) is 0 Å². The Morgan fingerprint density at radius 2 is 2.27 bits per heavy atom. The Morgan fingerprint density at radius 3 is 3.00 bits per heavy atom. The minimum absolute atomic E-state index is 0.158. The predicted molar refractivity (Wildman–Crippen MR) is 83.8 cm³/mol. The summed E-state index contributed by atoms with van der Waals surface area (Å²) in [6, 6.07) is 0. The molecule has 3 rings (SSSR count). The zero-order chi connectivity index (χ0) is 15.6. The molecular formula is C17H28N2O3. The van der Waals surface area contributed by atoms with Crippen molar-refractivity contribution in [3.8, 4) is 0 Å². The van der Waals surface area contributed by atoms with Crippen molar-refractivity contribution in [1.82, 2.24) is 10.1 Å². The molecule has 2 aliphatic rings. The molecule has 1 aromatic rings. The second-order valence-electron chi connectivity index (χ2n) is 6.76. The van der Waals surface area contributed by atoms with Crippen LogP contribution in [0.25, 0.3) is 0 Å². The lowest BCUT2D eigenvalue weighted by molar-refractivity contribution is -0.153. The van der Waals surface area contributed by atoms with Crippen molar-refractivity contribution in [3.05, 3.63) is 17.0 Å². The van der Waals surface area contributed by atoms with Crippen molar-refractivity contribution in [2.75, 3.05) is 32.9 Å². The Morgan fingerprint density at radius 1 is 1.41 bits per heavy atom. The first kappa shape index (κ1) is 16.0. The smallest absolute Gasteiger partial charge is 0.138 e. The van der Waals surface area contributed by atoms with Gasteiger partial charge in [-0.15, -0.1) is 0 Å². The lowest BCUT2D eigenvalue weighted by Crippen LogP contribution is -2.56. The predicted octanol–water partition coefficient (Wildman–Crippen LogP) is 2.70. The van der Waals surface area contributed by atoms with Gasteiger partial charge in [0.1, 0.15) is 5.76 Å². The second-order valence-corrected chi connectivity index (χ2v) is 6.76. The first-order valence-corrected chi connectivity index (χ1v) is 8.48. The van der Waals surface area contributed by atoms with Crippen LogP contribution >= 0.6 is 0 Å². The number of ether oxygens (including phenoxy) is 2. The third-order valence-corrected chi connectivity index (χ3v) is 5.22. The number of rotatable bonds is 5. The molecule has 124 valence electrons. The molecule has 3 heterocycles. The van der Waals surface area contributed by atoms with Gasteiger partial charge in [-0.2, -0.15) is 0 Å². The lowest BCUT2D eigenvalue weighted by Gasteiger charge is -2.50. The van der Waals surface area contributed by atoms with E-state index < -0.39 is 0 Å². The average molecular weight is 308 g/mol. The summed E-state index contributed by atoms with van der Waals surface area (Å²) < 4.78 is 17.2. The summed E-state index contributed by atoms with van der Waals surface area (Å²) >= 11 is 0. The molecule has 2 saturated heterocycles. The Bertz CT molecular complexity index is 483. The zero-order valence-electron chi connectivity index (χ0n) is 14.1. The Hall–Kier alpha value is -0.910. The molecule has 0 saturated carbocycles. The molecule has 5 nitrogen and oxygen atoms in total. The van der Waals surface area contributed by atoms with E-state index >= 15 is 0 Å². The fraction of sp³-hybridized carbons (Fsp3) is 0.824. The molecule has 0 bridgehead atoms. The minimum atomic E-state index is 0.158. The van der Waals surface area contributed by atoms with Crippen LogP contribution in [0, 0.1) is 19.3 Å². The molecule has 0 amide bonds. The summed E-state index contributed by atoms with van der Waals surface area (Å²) in [4.78, 5) is 2.52. The van der Waals surface area contributed by atoms with E-state index in [4.69, 9.17) is 14.0 Å². The van der Waals surface area contributed by atoms with E-state index in [9.17, 15) is 0 Å². The van der Waals surface area contributed by atoms with Gasteiger partial charge in [-0.1, -0.05) is 5.16 Å². The number of nitrogens with zero attached hydrogens (tertiary/aromatic N) is 2. The molecule has 0 aliphatic carbocycles. The number of aromatic nitrogens is 1. The Kier molecular flexibility index (Phi) is 4.85. The first-order valence-electron chi connectivity index (χ1n) is 8.48. The van der Waals surface area contributed by atoms with E-state index in [0.717, 1.165) is 63.8 Å². The summed E-state index contributed by atoms with van der Waals surface area (Å²) in [6.45, 7) is 11.6. The van der Waals surface area contributed by atoms with Gasteiger partial charge in [0.2, 0.25) is 0 Å². The lowest BCUT2D eigenvalue weighted by atomic mass is 9.73. The van der Waals surface area contributed by atoms with E-state index in [2.05, 4.69) is 17.0 Å².